The second kappa shape index (κ2) is 6.62. The molecule has 0 radical (unpaired) electrons. The molecule has 0 aliphatic carbocycles. The number of hydrogen-bond acceptors (Lipinski definition) is 5. The molecule has 1 amide bonds. The van der Waals surface area contributed by atoms with Crippen molar-refractivity contribution < 1.29 is 17.9 Å². The molecule has 1 rings (SSSR count). The van der Waals surface area contributed by atoms with E-state index in [9.17, 15) is 13.2 Å². The number of ether oxygens (including phenoxy) is 1. The lowest BCUT2D eigenvalue weighted by Crippen LogP contribution is -2.39. The summed E-state index contributed by atoms with van der Waals surface area (Å²) in [7, 11) is -0.792. The topological polar surface area (TPSA) is 111 Å². The summed E-state index contributed by atoms with van der Waals surface area (Å²) in [4.78, 5) is 11.7. The highest BCUT2D eigenvalue weighted by atomic mass is 32.2. The molecule has 106 valence electrons. The van der Waals surface area contributed by atoms with E-state index in [1.54, 1.807) is 6.07 Å². The van der Waals surface area contributed by atoms with Gasteiger partial charge in [0.2, 0.25) is 15.9 Å². The van der Waals surface area contributed by atoms with Crippen LogP contribution >= 0.6 is 0 Å². The molecule has 0 saturated carbocycles. The molecular formula is C11H17N3O4S. The Kier molecular flexibility index (Phi) is 5.43. The standard InChI is InChI=1S/C11H17N3O4S/c1-13-19(16,17)9-5-3-4-8(6-9)14-11(15)10(12)7-18-2/h3-6,10,13H,7,12H2,1-2H3,(H,14,15). The lowest BCUT2D eigenvalue weighted by Gasteiger charge is -2.12. The summed E-state index contributed by atoms with van der Waals surface area (Å²) in [5, 5.41) is 2.53. The fraction of sp³-hybridized carbons (Fsp3) is 0.364. The molecule has 7 nitrogen and oxygen atoms in total. The van der Waals surface area contributed by atoms with E-state index in [2.05, 4.69) is 10.0 Å². The number of nitrogens with two attached hydrogens (primary N) is 1. The molecule has 19 heavy (non-hydrogen) atoms. The van der Waals surface area contributed by atoms with E-state index >= 15 is 0 Å². The van der Waals surface area contributed by atoms with E-state index in [-0.39, 0.29) is 11.5 Å². The molecule has 0 bridgehead atoms. The molecule has 4 N–H and O–H groups in total. The van der Waals surface area contributed by atoms with Crippen molar-refractivity contribution in [1.29, 1.82) is 0 Å². The van der Waals surface area contributed by atoms with Gasteiger partial charge in [0.25, 0.3) is 0 Å². The van der Waals surface area contributed by atoms with Crippen LogP contribution in [0.25, 0.3) is 0 Å². The van der Waals surface area contributed by atoms with Gasteiger partial charge >= 0.3 is 0 Å². The minimum Gasteiger partial charge on any atom is -0.383 e. The van der Waals surface area contributed by atoms with Gasteiger partial charge in [-0.1, -0.05) is 6.07 Å². The lowest BCUT2D eigenvalue weighted by molar-refractivity contribution is -0.118. The average molecular weight is 287 g/mol. The number of carbonyl (C=O) groups excluding carboxylic acids is 1. The molecule has 1 atom stereocenters. The molecule has 0 aliphatic heterocycles. The predicted octanol–water partition coefficient (Wildman–Crippen LogP) is -0.493. The molecule has 1 aromatic carbocycles. The summed E-state index contributed by atoms with van der Waals surface area (Å²) in [6.45, 7) is 0.0837. The van der Waals surface area contributed by atoms with Crippen LogP contribution in [-0.4, -0.2) is 41.1 Å². The molecule has 0 spiro atoms. The summed E-state index contributed by atoms with van der Waals surface area (Å²) < 4.78 is 30.2. The van der Waals surface area contributed by atoms with Gasteiger partial charge in [-0.3, -0.25) is 4.79 Å². The van der Waals surface area contributed by atoms with Crippen molar-refractivity contribution in [2.75, 3.05) is 26.1 Å². The summed E-state index contributed by atoms with van der Waals surface area (Å²) in [5.41, 5.74) is 5.91. The quantitative estimate of drug-likeness (QED) is 0.653. The first kappa shape index (κ1) is 15.6. The summed E-state index contributed by atoms with van der Waals surface area (Å²) in [6, 6.07) is 5.07. The molecule has 0 aromatic heterocycles. The van der Waals surface area contributed by atoms with Crippen LogP contribution in [0.1, 0.15) is 0 Å². The SMILES string of the molecule is CNS(=O)(=O)c1cccc(NC(=O)C(N)COC)c1. The van der Waals surface area contributed by atoms with Crippen molar-refractivity contribution in [3.8, 4) is 0 Å². The molecule has 0 heterocycles. The van der Waals surface area contributed by atoms with E-state index in [1.807, 2.05) is 0 Å². The van der Waals surface area contributed by atoms with Crippen LogP contribution in [0.4, 0.5) is 5.69 Å². The molecule has 8 heteroatoms. The smallest absolute Gasteiger partial charge is 0.243 e. The Morgan fingerprint density at radius 3 is 2.74 bits per heavy atom. The monoisotopic (exact) mass is 287 g/mol. The maximum Gasteiger partial charge on any atom is 0.243 e. The molecule has 0 fully saturated rings. The zero-order chi connectivity index (χ0) is 14.5. The van der Waals surface area contributed by atoms with Crippen molar-refractivity contribution in [2.45, 2.75) is 10.9 Å². The second-order valence-corrected chi connectivity index (χ2v) is 5.67. The maximum absolute atomic E-state index is 11.7. The van der Waals surface area contributed by atoms with E-state index in [4.69, 9.17) is 10.5 Å². The Morgan fingerprint density at radius 2 is 2.16 bits per heavy atom. The van der Waals surface area contributed by atoms with E-state index in [1.165, 1.54) is 32.4 Å². The maximum atomic E-state index is 11.7. The number of anilines is 1. The zero-order valence-electron chi connectivity index (χ0n) is 10.7. The number of benzene rings is 1. The van der Waals surface area contributed by atoms with Gasteiger partial charge in [0.1, 0.15) is 6.04 Å². The number of carbonyl (C=O) groups is 1. The fourth-order valence-corrected chi connectivity index (χ4v) is 2.12. The highest BCUT2D eigenvalue weighted by Gasteiger charge is 2.15. The van der Waals surface area contributed by atoms with Crippen molar-refractivity contribution in [2.24, 2.45) is 5.73 Å². The Morgan fingerprint density at radius 1 is 1.47 bits per heavy atom. The molecule has 0 saturated heterocycles. The first-order valence-electron chi connectivity index (χ1n) is 5.49. The van der Waals surface area contributed by atoms with Crippen LogP contribution in [0.3, 0.4) is 0 Å². The highest BCUT2D eigenvalue weighted by Crippen LogP contribution is 2.15. The highest BCUT2D eigenvalue weighted by molar-refractivity contribution is 7.89. The normalized spacial score (nSPS) is 13.0. The molecule has 1 aromatic rings. The van der Waals surface area contributed by atoms with E-state index in [0.29, 0.717) is 5.69 Å². The zero-order valence-corrected chi connectivity index (χ0v) is 11.5. The fourth-order valence-electron chi connectivity index (χ4n) is 1.35. The Labute approximate surface area is 112 Å². The Hall–Kier alpha value is -1.48. The Balaban J connectivity index is 2.87. The third-order valence-corrected chi connectivity index (χ3v) is 3.78. The van der Waals surface area contributed by atoms with Crippen molar-refractivity contribution in [3.05, 3.63) is 24.3 Å². The van der Waals surface area contributed by atoms with Crippen LogP contribution < -0.4 is 15.8 Å². The molecule has 0 aliphatic rings. The van der Waals surface area contributed by atoms with Crippen LogP contribution in [0.2, 0.25) is 0 Å². The first-order chi connectivity index (χ1) is 8.90. The van der Waals surface area contributed by atoms with Crippen molar-refractivity contribution in [3.63, 3.8) is 0 Å². The number of sulfonamides is 1. The third-order valence-electron chi connectivity index (χ3n) is 2.36. The third kappa shape index (κ3) is 4.28. The van der Waals surface area contributed by atoms with E-state index in [0.717, 1.165) is 0 Å². The van der Waals surface area contributed by atoms with E-state index < -0.39 is 22.0 Å². The molecular weight excluding hydrogens is 270 g/mol. The number of amides is 1. The summed E-state index contributed by atoms with van der Waals surface area (Å²) >= 11 is 0. The second-order valence-electron chi connectivity index (χ2n) is 3.79. The molecule has 1 unspecified atom stereocenters. The van der Waals surface area contributed by atoms with Gasteiger partial charge in [-0.15, -0.1) is 0 Å². The number of hydrogen-bond donors (Lipinski definition) is 3. The number of nitrogens with one attached hydrogen (secondary N) is 2. The van der Waals surface area contributed by atoms with Crippen LogP contribution in [-0.2, 0) is 19.6 Å². The minimum absolute atomic E-state index is 0.0631. The van der Waals surface area contributed by atoms with Gasteiger partial charge in [0.15, 0.2) is 0 Å². The predicted molar refractivity (Wildman–Crippen MR) is 71.2 cm³/mol. The van der Waals surface area contributed by atoms with Crippen LogP contribution in [0, 0.1) is 0 Å². The number of methoxy groups -OCH3 is 1. The van der Waals surface area contributed by atoms with Crippen molar-refractivity contribution >= 4 is 21.6 Å². The lowest BCUT2D eigenvalue weighted by atomic mass is 10.2. The van der Waals surface area contributed by atoms with Crippen molar-refractivity contribution in [1.82, 2.24) is 4.72 Å². The van der Waals surface area contributed by atoms with Crippen LogP contribution in [0.15, 0.2) is 29.2 Å². The van der Waals surface area contributed by atoms with Gasteiger partial charge in [-0.25, -0.2) is 13.1 Å². The largest absolute Gasteiger partial charge is 0.383 e. The van der Waals surface area contributed by atoms with Gasteiger partial charge in [-0.05, 0) is 25.2 Å². The first-order valence-corrected chi connectivity index (χ1v) is 6.98. The van der Waals surface area contributed by atoms with Gasteiger partial charge in [0.05, 0.1) is 11.5 Å². The van der Waals surface area contributed by atoms with Crippen LogP contribution in [0.5, 0.6) is 0 Å². The minimum atomic E-state index is -3.54. The summed E-state index contributed by atoms with van der Waals surface area (Å²) in [5.74, 6) is -0.444. The summed E-state index contributed by atoms with van der Waals surface area (Å²) in [6.07, 6.45) is 0. The number of rotatable bonds is 6. The van der Waals surface area contributed by atoms with Gasteiger partial charge in [0, 0.05) is 12.8 Å². The average Bonchev–Trinajstić information content (AvgIpc) is 2.39. The van der Waals surface area contributed by atoms with Gasteiger partial charge < -0.3 is 15.8 Å². The Bertz CT molecular complexity index is 545. The van der Waals surface area contributed by atoms with Gasteiger partial charge in [-0.2, -0.15) is 0 Å².